The maximum atomic E-state index is 13.6. The van der Waals surface area contributed by atoms with Gasteiger partial charge in [0.05, 0.1) is 0 Å². The van der Waals surface area contributed by atoms with Crippen LogP contribution in [-0.2, 0) is 0 Å². The first kappa shape index (κ1) is 15.9. The molecule has 0 saturated heterocycles. The number of carbonyl (C=O) groups excluding carboxylic acids is 1. The molecule has 0 bridgehead atoms. The Bertz CT molecular complexity index is 491. The minimum atomic E-state index is -0.824. The van der Waals surface area contributed by atoms with E-state index in [0.29, 0.717) is 6.54 Å². The molecule has 0 heterocycles. The standard InChI is InChI=1S/C16H22F2N2O/c1-20(2)16(9-4-3-5-10-16)11-19-15(21)14-12(17)7-6-8-13(14)18/h6-8H,3-5,9-11H2,1-2H3,(H,19,21). The van der Waals surface area contributed by atoms with Gasteiger partial charge in [-0.1, -0.05) is 25.3 Å². The van der Waals surface area contributed by atoms with Gasteiger partial charge >= 0.3 is 0 Å². The van der Waals surface area contributed by atoms with Gasteiger partial charge in [0.2, 0.25) is 0 Å². The van der Waals surface area contributed by atoms with Gasteiger partial charge in [0.15, 0.2) is 0 Å². The molecule has 1 aromatic rings. The zero-order chi connectivity index (χ0) is 15.5. The first-order valence-electron chi connectivity index (χ1n) is 7.36. The molecule has 0 spiro atoms. The number of nitrogens with zero attached hydrogens (tertiary/aromatic N) is 1. The maximum Gasteiger partial charge on any atom is 0.257 e. The van der Waals surface area contributed by atoms with Crippen LogP contribution < -0.4 is 5.32 Å². The molecule has 1 amide bonds. The quantitative estimate of drug-likeness (QED) is 0.926. The predicted molar refractivity (Wildman–Crippen MR) is 78.2 cm³/mol. The van der Waals surface area contributed by atoms with Crippen molar-refractivity contribution in [1.29, 1.82) is 0 Å². The molecule has 0 aromatic heterocycles. The third kappa shape index (κ3) is 3.40. The fraction of sp³-hybridized carbons (Fsp3) is 0.562. The first-order valence-corrected chi connectivity index (χ1v) is 7.36. The van der Waals surface area contributed by atoms with Gasteiger partial charge in [-0.25, -0.2) is 8.78 Å². The van der Waals surface area contributed by atoms with Crippen LogP contribution in [0.1, 0.15) is 42.5 Å². The number of likely N-dealkylation sites (N-methyl/N-ethyl adjacent to an activating group) is 1. The Hall–Kier alpha value is -1.49. The van der Waals surface area contributed by atoms with Gasteiger partial charge in [-0.15, -0.1) is 0 Å². The minimum absolute atomic E-state index is 0.115. The summed E-state index contributed by atoms with van der Waals surface area (Å²) in [5.74, 6) is -2.33. The summed E-state index contributed by atoms with van der Waals surface area (Å²) < 4.78 is 27.2. The summed E-state index contributed by atoms with van der Waals surface area (Å²) >= 11 is 0. The van der Waals surface area contributed by atoms with Gasteiger partial charge in [0.25, 0.3) is 5.91 Å². The molecule has 1 aliphatic rings. The Labute approximate surface area is 124 Å². The lowest BCUT2D eigenvalue weighted by molar-refractivity contribution is 0.0793. The van der Waals surface area contributed by atoms with Crippen molar-refractivity contribution in [3.05, 3.63) is 35.4 Å². The number of hydrogen-bond donors (Lipinski definition) is 1. The van der Waals surface area contributed by atoms with Gasteiger partial charge in [0, 0.05) is 12.1 Å². The van der Waals surface area contributed by atoms with Crippen LogP contribution in [0.3, 0.4) is 0 Å². The molecule has 3 nitrogen and oxygen atoms in total. The van der Waals surface area contributed by atoms with E-state index in [9.17, 15) is 13.6 Å². The van der Waals surface area contributed by atoms with E-state index in [1.54, 1.807) is 0 Å². The number of nitrogens with one attached hydrogen (secondary N) is 1. The fourth-order valence-electron chi connectivity index (χ4n) is 3.04. The van der Waals surface area contributed by atoms with Crippen LogP contribution in [0.25, 0.3) is 0 Å². The van der Waals surface area contributed by atoms with Crippen LogP contribution in [0.5, 0.6) is 0 Å². The van der Waals surface area contributed by atoms with Crippen molar-refractivity contribution in [3.63, 3.8) is 0 Å². The summed E-state index contributed by atoms with van der Waals surface area (Å²) in [7, 11) is 3.97. The van der Waals surface area contributed by atoms with Crippen LogP contribution >= 0.6 is 0 Å². The van der Waals surface area contributed by atoms with E-state index < -0.39 is 23.1 Å². The fourth-order valence-corrected chi connectivity index (χ4v) is 3.04. The third-order valence-electron chi connectivity index (χ3n) is 4.50. The highest BCUT2D eigenvalue weighted by Gasteiger charge is 2.34. The zero-order valence-corrected chi connectivity index (χ0v) is 12.6. The van der Waals surface area contributed by atoms with Crippen molar-refractivity contribution < 1.29 is 13.6 Å². The van der Waals surface area contributed by atoms with Crippen LogP contribution in [0.2, 0.25) is 0 Å². The number of amides is 1. The monoisotopic (exact) mass is 296 g/mol. The van der Waals surface area contributed by atoms with E-state index in [0.717, 1.165) is 37.8 Å². The lowest BCUT2D eigenvalue weighted by Crippen LogP contribution is -2.53. The number of halogens is 2. The molecule has 0 atom stereocenters. The van der Waals surface area contributed by atoms with Gasteiger partial charge in [0.1, 0.15) is 17.2 Å². The summed E-state index contributed by atoms with van der Waals surface area (Å²) in [5.41, 5.74) is -0.613. The number of rotatable bonds is 4. The molecule has 5 heteroatoms. The Morgan fingerprint density at radius 2 is 1.76 bits per heavy atom. The Morgan fingerprint density at radius 3 is 2.29 bits per heavy atom. The number of carbonyl (C=O) groups is 1. The summed E-state index contributed by atoms with van der Waals surface area (Å²) in [6.45, 7) is 0.409. The molecule has 1 aliphatic carbocycles. The summed E-state index contributed by atoms with van der Waals surface area (Å²) in [6, 6.07) is 3.45. The Balaban J connectivity index is 2.09. The van der Waals surface area contributed by atoms with Crippen molar-refractivity contribution in [3.8, 4) is 0 Å². The summed E-state index contributed by atoms with van der Waals surface area (Å²) in [6.07, 6.45) is 5.40. The van der Waals surface area contributed by atoms with Crippen molar-refractivity contribution in [2.45, 2.75) is 37.6 Å². The van der Waals surface area contributed by atoms with Crippen LogP contribution in [0.4, 0.5) is 8.78 Å². The SMILES string of the molecule is CN(C)C1(CNC(=O)c2c(F)cccc2F)CCCCC1. The second kappa shape index (κ2) is 6.52. The number of hydrogen-bond acceptors (Lipinski definition) is 2. The predicted octanol–water partition coefficient (Wildman–Crippen LogP) is 2.96. The van der Waals surface area contributed by atoms with Gasteiger partial charge in [-0.3, -0.25) is 4.79 Å². The highest BCUT2D eigenvalue weighted by atomic mass is 19.1. The maximum absolute atomic E-state index is 13.6. The van der Waals surface area contributed by atoms with Crippen LogP contribution in [0.15, 0.2) is 18.2 Å². The van der Waals surface area contributed by atoms with Crippen molar-refractivity contribution >= 4 is 5.91 Å². The molecule has 1 aromatic carbocycles. The van der Waals surface area contributed by atoms with Gasteiger partial charge in [-0.05, 0) is 39.1 Å². The summed E-state index contributed by atoms with van der Waals surface area (Å²) in [5, 5.41) is 2.71. The molecule has 1 N–H and O–H groups in total. The Kier molecular flexibility index (Phi) is 4.93. The van der Waals surface area contributed by atoms with Crippen LogP contribution in [-0.4, -0.2) is 37.0 Å². The van der Waals surface area contributed by atoms with E-state index in [4.69, 9.17) is 0 Å². The molecule has 116 valence electrons. The smallest absolute Gasteiger partial charge is 0.257 e. The second-order valence-corrected chi connectivity index (χ2v) is 5.96. The zero-order valence-electron chi connectivity index (χ0n) is 12.6. The molecular weight excluding hydrogens is 274 g/mol. The van der Waals surface area contributed by atoms with E-state index in [-0.39, 0.29) is 5.54 Å². The molecule has 0 unspecified atom stereocenters. The molecule has 21 heavy (non-hydrogen) atoms. The van der Waals surface area contributed by atoms with Crippen LogP contribution in [0, 0.1) is 11.6 Å². The Morgan fingerprint density at radius 1 is 1.19 bits per heavy atom. The van der Waals surface area contributed by atoms with E-state index in [1.807, 2.05) is 14.1 Å². The average Bonchev–Trinajstić information content (AvgIpc) is 2.46. The minimum Gasteiger partial charge on any atom is -0.350 e. The van der Waals surface area contributed by atoms with E-state index in [2.05, 4.69) is 10.2 Å². The van der Waals surface area contributed by atoms with E-state index in [1.165, 1.54) is 12.5 Å². The molecule has 2 rings (SSSR count). The summed E-state index contributed by atoms with van der Waals surface area (Å²) in [4.78, 5) is 14.2. The van der Waals surface area contributed by atoms with Gasteiger partial charge < -0.3 is 10.2 Å². The molecule has 0 aliphatic heterocycles. The molecule has 1 fully saturated rings. The average molecular weight is 296 g/mol. The third-order valence-corrected chi connectivity index (χ3v) is 4.50. The first-order chi connectivity index (χ1) is 9.96. The molecular formula is C16H22F2N2O. The molecule has 1 saturated carbocycles. The largest absolute Gasteiger partial charge is 0.350 e. The lowest BCUT2D eigenvalue weighted by Gasteiger charge is -2.43. The highest BCUT2D eigenvalue weighted by molar-refractivity contribution is 5.94. The van der Waals surface area contributed by atoms with Crippen molar-refractivity contribution in [1.82, 2.24) is 10.2 Å². The molecule has 0 radical (unpaired) electrons. The second-order valence-electron chi connectivity index (χ2n) is 5.96. The van der Waals surface area contributed by atoms with E-state index >= 15 is 0 Å². The number of benzene rings is 1. The van der Waals surface area contributed by atoms with Crippen molar-refractivity contribution in [2.75, 3.05) is 20.6 Å². The van der Waals surface area contributed by atoms with Crippen molar-refractivity contribution in [2.24, 2.45) is 0 Å². The normalized spacial score (nSPS) is 17.8. The highest BCUT2D eigenvalue weighted by Crippen LogP contribution is 2.31. The topological polar surface area (TPSA) is 32.3 Å². The van der Waals surface area contributed by atoms with Gasteiger partial charge in [-0.2, -0.15) is 0 Å². The lowest BCUT2D eigenvalue weighted by atomic mass is 9.80.